The highest BCUT2D eigenvalue weighted by molar-refractivity contribution is 5.94. The first-order chi connectivity index (χ1) is 14.9. The van der Waals surface area contributed by atoms with E-state index >= 15 is 0 Å². The molecule has 0 unspecified atom stereocenters. The number of hydrogen-bond acceptors (Lipinski definition) is 6. The standard InChI is InChI=1S/C10H6F3N3O3.C9H8O4/c11-10(12,13)19-7-1-2-8(16(17)18)9(5-7)15-4-3-14-6-15;1-5-2-3-6(8(10)11)4-7(5)9(12)13/h1-6H;2-4H,1H3,(H,10,11)(H,12,13). The zero-order chi connectivity index (χ0) is 24.1. The summed E-state index contributed by atoms with van der Waals surface area (Å²) in [6.45, 7) is 1.62. The van der Waals surface area contributed by atoms with E-state index in [1.165, 1.54) is 35.4 Å². The van der Waals surface area contributed by atoms with Crippen LogP contribution in [-0.2, 0) is 0 Å². The number of rotatable bonds is 5. The molecule has 0 saturated carbocycles. The van der Waals surface area contributed by atoms with Gasteiger partial charge < -0.3 is 19.5 Å². The van der Waals surface area contributed by atoms with Gasteiger partial charge in [-0.2, -0.15) is 0 Å². The van der Waals surface area contributed by atoms with E-state index in [2.05, 4.69) is 9.72 Å². The highest BCUT2D eigenvalue weighted by atomic mass is 19.4. The smallest absolute Gasteiger partial charge is 0.478 e. The maximum atomic E-state index is 12.1. The summed E-state index contributed by atoms with van der Waals surface area (Å²) in [6.07, 6.45) is -0.900. The highest BCUT2D eigenvalue weighted by Gasteiger charge is 2.32. The summed E-state index contributed by atoms with van der Waals surface area (Å²) < 4.78 is 41.2. The molecule has 0 fully saturated rings. The summed E-state index contributed by atoms with van der Waals surface area (Å²) in [4.78, 5) is 34.9. The molecule has 0 radical (unpaired) electrons. The van der Waals surface area contributed by atoms with Crippen molar-refractivity contribution in [2.45, 2.75) is 13.3 Å². The Kier molecular flexibility index (Phi) is 7.15. The molecule has 0 amide bonds. The van der Waals surface area contributed by atoms with Gasteiger partial charge in [-0.25, -0.2) is 14.6 Å². The lowest BCUT2D eigenvalue weighted by Crippen LogP contribution is -2.17. The Balaban J connectivity index is 0.000000244. The number of benzene rings is 2. The van der Waals surface area contributed by atoms with Gasteiger partial charge in [-0.15, -0.1) is 13.2 Å². The molecule has 13 heteroatoms. The number of imidazole rings is 1. The van der Waals surface area contributed by atoms with Gasteiger partial charge in [0.25, 0.3) is 5.69 Å². The van der Waals surface area contributed by atoms with E-state index in [-0.39, 0.29) is 22.5 Å². The van der Waals surface area contributed by atoms with E-state index in [9.17, 15) is 32.9 Å². The predicted octanol–water partition coefficient (Wildman–Crippen LogP) is 4.07. The summed E-state index contributed by atoms with van der Waals surface area (Å²) in [5, 5.41) is 28.1. The molecule has 0 aliphatic carbocycles. The van der Waals surface area contributed by atoms with Gasteiger partial charge in [-0.3, -0.25) is 10.1 Å². The molecule has 168 valence electrons. The quantitative estimate of drug-likeness (QED) is 0.434. The van der Waals surface area contributed by atoms with Crippen molar-refractivity contribution < 1.29 is 42.6 Å². The van der Waals surface area contributed by atoms with Crippen LogP contribution in [0.3, 0.4) is 0 Å². The number of nitro groups is 1. The van der Waals surface area contributed by atoms with Crippen LogP contribution in [0.25, 0.3) is 5.69 Å². The monoisotopic (exact) mass is 453 g/mol. The molecule has 1 heterocycles. The second kappa shape index (κ2) is 9.59. The molecular formula is C19H14F3N3O7. The first kappa shape index (κ1) is 23.9. The van der Waals surface area contributed by atoms with Gasteiger partial charge in [-0.05, 0) is 30.7 Å². The van der Waals surface area contributed by atoms with Crippen molar-refractivity contribution in [2.24, 2.45) is 0 Å². The summed E-state index contributed by atoms with van der Waals surface area (Å²) in [6, 6.07) is 6.76. The molecule has 0 aliphatic heterocycles. The number of ether oxygens (including phenoxy) is 1. The SMILES string of the molecule is Cc1ccc(C(=O)O)cc1C(=O)O.O=[N+]([O-])c1ccc(OC(F)(F)F)cc1-n1ccnc1. The minimum absolute atomic E-state index is 0.0111. The number of nitrogens with zero attached hydrogens (tertiary/aromatic N) is 3. The number of aryl methyl sites for hydroxylation is 1. The minimum Gasteiger partial charge on any atom is -0.478 e. The first-order valence-corrected chi connectivity index (χ1v) is 8.49. The second-order valence-corrected chi connectivity index (χ2v) is 6.07. The molecule has 3 rings (SSSR count). The molecule has 32 heavy (non-hydrogen) atoms. The van der Waals surface area contributed by atoms with E-state index in [4.69, 9.17) is 10.2 Å². The number of halogens is 3. The predicted molar refractivity (Wildman–Crippen MR) is 102 cm³/mol. The fraction of sp³-hybridized carbons (Fsp3) is 0.105. The van der Waals surface area contributed by atoms with Crippen LogP contribution in [0.4, 0.5) is 18.9 Å². The van der Waals surface area contributed by atoms with Crippen molar-refractivity contribution in [3.05, 3.63) is 81.9 Å². The Morgan fingerprint density at radius 2 is 1.81 bits per heavy atom. The van der Waals surface area contributed by atoms with Crippen molar-refractivity contribution in [3.8, 4) is 11.4 Å². The molecule has 3 aromatic rings. The van der Waals surface area contributed by atoms with Crippen molar-refractivity contribution in [1.82, 2.24) is 9.55 Å². The van der Waals surface area contributed by atoms with Crippen molar-refractivity contribution >= 4 is 17.6 Å². The van der Waals surface area contributed by atoms with E-state index in [0.717, 1.165) is 24.3 Å². The fourth-order valence-corrected chi connectivity index (χ4v) is 2.45. The highest BCUT2D eigenvalue weighted by Crippen LogP contribution is 2.30. The number of nitro benzene ring substituents is 1. The number of aromatic carboxylic acids is 2. The Hall–Kier alpha value is -4.42. The third-order valence-corrected chi connectivity index (χ3v) is 3.87. The maximum Gasteiger partial charge on any atom is 0.573 e. The van der Waals surface area contributed by atoms with E-state index < -0.39 is 29.0 Å². The zero-order valence-corrected chi connectivity index (χ0v) is 16.1. The van der Waals surface area contributed by atoms with Gasteiger partial charge in [0.2, 0.25) is 0 Å². The van der Waals surface area contributed by atoms with Crippen LogP contribution in [0.5, 0.6) is 5.75 Å². The van der Waals surface area contributed by atoms with Gasteiger partial charge in [0, 0.05) is 24.5 Å². The molecule has 0 saturated heterocycles. The van der Waals surface area contributed by atoms with Gasteiger partial charge in [0.15, 0.2) is 0 Å². The van der Waals surface area contributed by atoms with Crippen LogP contribution in [0.2, 0.25) is 0 Å². The largest absolute Gasteiger partial charge is 0.573 e. The van der Waals surface area contributed by atoms with Gasteiger partial charge in [0.05, 0.1) is 22.4 Å². The van der Waals surface area contributed by atoms with Crippen LogP contribution in [0, 0.1) is 17.0 Å². The second-order valence-electron chi connectivity index (χ2n) is 6.07. The summed E-state index contributed by atoms with van der Waals surface area (Å²) in [5.41, 5.74) is 0.150. The lowest BCUT2D eigenvalue weighted by atomic mass is 10.1. The third-order valence-electron chi connectivity index (χ3n) is 3.87. The molecule has 0 spiro atoms. The molecule has 2 N–H and O–H groups in total. The van der Waals surface area contributed by atoms with Crippen LogP contribution in [-0.4, -0.2) is 43.0 Å². The number of aromatic nitrogens is 2. The van der Waals surface area contributed by atoms with Crippen LogP contribution < -0.4 is 4.74 Å². The molecular weight excluding hydrogens is 439 g/mol. The number of carboxylic acids is 2. The van der Waals surface area contributed by atoms with Crippen LogP contribution >= 0.6 is 0 Å². The summed E-state index contributed by atoms with van der Waals surface area (Å²) in [7, 11) is 0. The molecule has 0 bridgehead atoms. The Morgan fingerprint density at radius 1 is 1.12 bits per heavy atom. The van der Waals surface area contributed by atoms with E-state index in [1.807, 2.05) is 0 Å². The summed E-state index contributed by atoms with van der Waals surface area (Å²) >= 11 is 0. The number of carbonyl (C=O) groups is 2. The summed E-state index contributed by atoms with van der Waals surface area (Å²) in [5.74, 6) is -2.77. The van der Waals surface area contributed by atoms with Gasteiger partial charge in [0.1, 0.15) is 11.4 Å². The minimum atomic E-state index is -4.86. The van der Waals surface area contributed by atoms with Crippen molar-refractivity contribution in [2.75, 3.05) is 0 Å². The number of carboxylic acid groups (broad SMARTS) is 2. The van der Waals surface area contributed by atoms with E-state index in [1.54, 1.807) is 6.92 Å². The molecule has 10 nitrogen and oxygen atoms in total. The van der Waals surface area contributed by atoms with Crippen molar-refractivity contribution in [1.29, 1.82) is 0 Å². The normalized spacial score (nSPS) is 10.6. The Labute approximate surface area is 177 Å². The van der Waals surface area contributed by atoms with Gasteiger partial charge in [-0.1, -0.05) is 6.07 Å². The number of hydrogen-bond donors (Lipinski definition) is 2. The average molecular weight is 453 g/mol. The third kappa shape index (κ3) is 6.29. The maximum absolute atomic E-state index is 12.1. The lowest BCUT2D eigenvalue weighted by Gasteiger charge is -2.10. The topological polar surface area (TPSA) is 145 Å². The van der Waals surface area contributed by atoms with E-state index in [0.29, 0.717) is 5.56 Å². The zero-order valence-electron chi connectivity index (χ0n) is 16.1. The molecule has 0 aliphatic rings. The van der Waals surface area contributed by atoms with Crippen molar-refractivity contribution in [3.63, 3.8) is 0 Å². The fourth-order valence-electron chi connectivity index (χ4n) is 2.45. The lowest BCUT2D eigenvalue weighted by molar-refractivity contribution is -0.384. The first-order valence-electron chi connectivity index (χ1n) is 8.49. The molecule has 2 aromatic carbocycles. The molecule has 0 atom stereocenters. The average Bonchev–Trinajstić information content (AvgIpc) is 3.21. The van der Waals surface area contributed by atoms with Crippen LogP contribution in [0.15, 0.2) is 55.1 Å². The number of alkyl halides is 3. The Bertz CT molecular complexity index is 1150. The van der Waals surface area contributed by atoms with Crippen LogP contribution in [0.1, 0.15) is 26.3 Å². The van der Waals surface area contributed by atoms with Gasteiger partial charge >= 0.3 is 18.3 Å². The Morgan fingerprint density at radius 3 is 2.31 bits per heavy atom. The molecule has 1 aromatic heterocycles.